The van der Waals surface area contributed by atoms with Crippen molar-refractivity contribution in [1.29, 1.82) is 0 Å². The average Bonchev–Trinajstić information content (AvgIpc) is 3.00. The smallest absolute Gasteiger partial charge is 0.161 e. The summed E-state index contributed by atoms with van der Waals surface area (Å²) in [6.45, 7) is 5.68. The van der Waals surface area contributed by atoms with Crippen LogP contribution in [0.25, 0.3) is 0 Å². The number of methoxy groups -OCH3 is 2. The van der Waals surface area contributed by atoms with E-state index in [1.807, 2.05) is 0 Å². The number of hydrogen-bond acceptors (Lipinski definition) is 4. The molecule has 4 nitrogen and oxygen atoms in total. The second kappa shape index (κ2) is 7.79. The lowest BCUT2D eigenvalue weighted by Gasteiger charge is -2.15. The Morgan fingerprint density at radius 1 is 0.960 bits per heavy atom. The predicted molar refractivity (Wildman–Crippen MR) is 100 cm³/mol. The van der Waals surface area contributed by atoms with Crippen LogP contribution in [0.15, 0.2) is 30.3 Å². The monoisotopic (exact) mass is 341 g/mol. The molecule has 0 amide bonds. The Hall–Kier alpha value is -2.20. The van der Waals surface area contributed by atoms with Gasteiger partial charge in [0.25, 0.3) is 0 Å². The Morgan fingerprint density at radius 2 is 1.52 bits per heavy atom. The summed E-state index contributed by atoms with van der Waals surface area (Å²) in [5.74, 6) is 2.62. The minimum Gasteiger partial charge on any atom is -0.493 e. The topological polar surface area (TPSA) is 39.7 Å². The molecule has 25 heavy (non-hydrogen) atoms. The molecule has 134 valence electrons. The van der Waals surface area contributed by atoms with Crippen molar-refractivity contribution in [2.45, 2.75) is 32.7 Å². The fraction of sp³-hybridized carbons (Fsp3) is 0.429. The molecule has 0 aliphatic heterocycles. The van der Waals surface area contributed by atoms with Gasteiger partial charge in [0.2, 0.25) is 0 Å². The van der Waals surface area contributed by atoms with Crippen LogP contribution < -0.4 is 19.5 Å². The molecule has 1 aliphatic rings. The summed E-state index contributed by atoms with van der Waals surface area (Å²) in [5.41, 5.74) is 5.05. The normalized spacial score (nSPS) is 13.6. The molecule has 1 N–H and O–H groups in total. The number of fused-ring (bicyclic) bond motifs is 1. The van der Waals surface area contributed by atoms with E-state index in [0.717, 1.165) is 36.6 Å². The van der Waals surface area contributed by atoms with Crippen molar-refractivity contribution < 1.29 is 14.2 Å². The van der Waals surface area contributed by atoms with E-state index < -0.39 is 0 Å². The van der Waals surface area contributed by atoms with Crippen LogP contribution in [0, 0.1) is 13.8 Å². The van der Waals surface area contributed by atoms with Crippen molar-refractivity contribution >= 4 is 0 Å². The molecule has 0 aromatic heterocycles. The first kappa shape index (κ1) is 17.6. The van der Waals surface area contributed by atoms with E-state index in [9.17, 15) is 0 Å². The maximum absolute atomic E-state index is 5.98. The molecule has 0 heterocycles. The molecule has 2 aromatic rings. The number of rotatable bonds is 7. The van der Waals surface area contributed by atoms with Gasteiger partial charge in [-0.25, -0.2) is 0 Å². The molecular weight excluding hydrogens is 314 g/mol. The molecule has 0 bridgehead atoms. The fourth-order valence-electron chi connectivity index (χ4n) is 3.53. The Morgan fingerprint density at radius 3 is 2.04 bits per heavy atom. The summed E-state index contributed by atoms with van der Waals surface area (Å²) < 4.78 is 16.8. The van der Waals surface area contributed by atoms with Crippen molar-refractivity contribution in [3.05, 3.63) is 52.6 Å². The van der Waals surface area contributed by atoms with E-state index in [4.69, 9.17) is 14.2 Å². The first-order valence-electron chi connectivity index (χ1n) is 8.78. The van der Waals surface area contributed by atoms with Crippen LogP contribution in [0.2, 0.25) is 0 Å². The van der Waals surface area contributed by atoms with Gasteiger partial charge in [-0.15, -0.1) is 0 Å². The molecule has 0 atom stereocenters. The van der Waals surface area contributed by atoms with E-state index in [1.165, 1.54) is 22.3 Å². The van der Waals surface area contributed by atoms with Crippen LogP contribution in [0.5, 0.6) is 17.2 Å². The van der Waals surface area contributed by atoms with Gasteiger partial charge in [0, 0.05) is 12.6 Å². The Balaban J connectivity index is 1.52. The minimum absolute atomic E-state index is 0.438. The molecule has 0 unspecified atom stereocenters. The van der Waals surface area contributed by atoms with Crippen LogP contribution in [-0.2, 0) is 12.8 Å². The third-order valence-corrected chi connectivity index (χ3v) is 4.83. The molecule has 0 saturated heterocycles. The highest BCUT2D eigenvalue weighted by Crippen LogP contribution is 2.34. The van der Waals surface area contributed by atoms with E-state index in [-0.39, 0.29) is 0 Å². The molecular formula is C21H27NO3. The quantitative estimate of drug-likeness (QED) is 0.783. The number of aryl methyl sites for hydroxylation is 2. The molecule has 4 heteroatoms. The lowest BCUT2D eigenvalue weighted by Crippen LogP contribution is -2.33. The zero-order chi connectivity index (χ0) is 17.8. The van der Waals surface area contributed by atoms with Crippen LogP contribution in [0.3, 0.4) is 0 Å². The molecule has 3 rings (SSSR count). The fourth-order valence-corrected chi connectivity index (χ4v) is 3.53. The van der Waals surface area contributed by atoms with Gasteiger partial charge in [-0.3, -0.25) is 0 Å². The van der Waals surface area contributed by atoms with Crippen molar-refractivity contribution in [3.63, 3.8) is 0 Å². The second-order valence-corrected chi connectivity index (χ2v) is 6.60. The SMILES string of the molecule is COc1cc2c(cc1OC)CC(NCCOc1c(C)cccc1C)C2. The lowest BCUT2D eigenvalue weighted by atomic mass is 10.1. The zero-order valence-electron chi connectivity index (χ0n) is 15.5. The largest absolute Gasteiger partial charge is 0.493 e. The Kier molecular flexibility index (Phi) is 5.49. The maximum Gasteiger partial charge on any atom is 0.161 e. The molecule has 0 radical (unpaired) electrons. The van der Waals surface area contributed by atoms with Gasteiger partial charge in [0.05, 0.1) is 14.2 Å². The van der Waals surface area contributed by atoms with Crippen LogP contribution in [0.4, 0.5) is 0 Å². The second-order valence-electron chi connectivity index (χ2n) is 6.60. The number of para-hydroxylation sites is 1. The summed E-state index contributed by atoms with van der Waals surface area (Å²) in [6.07, 6.45) is 2.03. The van der Waals surface area contributed by atoms with Gasteiger partial charge in [-0.2, -0.15) is 0 Å². The van der Waals surface area contributed by atoms with E-state index in [0.29, 0.717) is 12.6 Å². The average molecular weight is 341 g/mol. The summed E-state index contributed by atoms with van der Waals surface area (Å²) in [6, 6.07) is 10.9. The number of nitrogens with one attached hydrogen (secondary N) is 1. The van der Waals surface area contributed by atoms with Gasteiger partial charge >= 0.3 is 0 Å². The molecule has 1 aliphatic carbocycles. The van der Waals surface area contributed by atoms with Crippen molar-refractivity contribution in [3.8, 4) is 17.2 Å². The summed E-state index contributed by atoms with van der Waals surface area (Å²) in [7, 11) is 3.36. The maximum atomic E-state index is 5.98. The van der Waals surface area contributed by atoms with Crippen molar-refractivity contribution in [2.75, 3.05) is 27.4 Å². The van der Waals surface area contributed by atoms with Gasteiger partial charge in [-0.1, -0.05) is 18.2 Å². The first-order chi connectivity index (χ1) is 12.1. The standard InChI is InChI=1S/C21H27NO3/c1-14-6-5-7-15(2)21(14)25-9-8-22-18-10-16-12-19(23-3)20(24-4)13-17(16)11-18/h5-7,12-13,18,22H,8-11H2,1-4H3. The van der Waals surface area contributed by atoms with Gasteiger partial charge in [0.1, 0.15) is 12.4 Å². The number of benzene rings is 2. The highest BCUT2D eigenvalue weighted by Gasteiger charge is 2.23. The Bertz CT molecular complexity index is 689. The van der Waals surface area contributed by atoms with E-state index in [2.05, 4.69) is 49.5 Å². The third kappa shape index (κ3) is 3.90. The zero-order valence-corrected chi connectivity index (χ0v) is 15.5. The lowest BCUT2D eigenvalue weighted by molar-refractivity contribution is 0.302. The first-order valence-corrected chi connectivity index (χ1v) is 8.78. The number of ether oxygens (including phenoxy) is 3. The van der Waals surface area contributed by atoms with Crippen LogP contribution >= 0.6 is 0 Å². The summed E-state index contributed by atoms with van der Waals surface area (Å²) in [5, 5.41) is 3.61. The summed E-state index contributed by atoms with van der Waals surface area (Å²) >= 11 is 0. The summed E-state index contributed by atoms with van der Waals surface area (Å²) in [4.78, 5) is 0. The van der Waals surface area contributed by atoms with Gasteiger partial charge in [-0.05, 0) is 61.1 Å². The van der Waals surface area contributed by atoms with E-state index in [1.54, 1.807) is 14.2 Å². The van der Waals surface area contributed by atoms with E-state index >= 15 is 0 Å². The minimum atomic E-state index is 0.438. The molecule has 0 saturated carbocycles. The molecule has 0 fully saturated rings. The van der Waals surface area contributed by atoms with Crippen LogP contribution in [-0.4, -0.2) is 33.4 Å². The molecule has 2 aromatic carbocycles. The number of hydrogen-bond donors (Lipinski definition) is 1. The third-order valence-electron chi connectivity index (χ3n) is 4.83. The highest BCUT2D eigenvalue weighted by atomic mass is 16.5. The van der Waals surface area contributed by atoms with Crippen molar-refractivity contribution in [1.82, 2.24) is 5.32 Å². The predicted octanol–water partition coefficient (Wildman–Crippen LogP) is 3.46. The van der Waals surface area contributed by atoms with Gasteiger partial charge in [0.15, 0.2) is 11.5 Å². The molecule has 0 spiro atoms. The highest BCUT2D eigenvalue weighted by molar-refractivity contribution is 5.49. The van der Waals surface area contributed by atoms with Crippen molar-refractivity contribution in [2.24, 2.45) is 0 Å². The van der Waals surface area contributed by atoms with Gasteiger partial charge < -0.3 is 19.5 Å². The van der Waals surface area contributed by atoms with Crippen LogP contribution in [0.1, 0.15) is 22.3 Å². The Labute approximate surface area is 150 Å².